The number of carbonyl (C=O) groups excluding carboxylic acids is 1. The third-order valence-corrected chi connectivity index (χ3v) is 7.11. The Labute approximate surface area is 214 Å². The van der Waals surface area contributed by atoms with Gasteiger partial charge in [-0.1, -0.05) is 55.5 Å². The van der Waals surface area contributed by atoms with Crippen LogP contribution in [0.25, 0.3) is 6.08 Å². The lowest BCUT2D eigenvalue weighted by molar-refractivity contribution is -0.136. The number of esters is 1. The van der Waals surface area contributed by atoms with E-state index in [-0.39, 0.29) is 5.56 Å². The summed E-state index contributed by atoms with van der Waals surface area (Å²) >= 11 is 1.29. The van der Waals surface area contributed by atoms with Gasteiger partial charge >= 0.3 is 5.97 Å². The van der Waals surface area contributed by atoms with Crippen LogP contribution in [0.1, 0.15) is 56.3 Å². The molecule has 7 nitrogen and oxygen atoms in total. The highest BCUT2D eigenvalue weighted by Crippen LogP contribution is 2.32. The van der Waals surface area contributed by atoms with Gasteiger partial charge in [0, 0.05) is 0 Å². The van der Waals surface area contributed by atoms with Crippen LogP contribution in [0.2, 0.25) is 0 Å². The van der Waals surface area contributed by atoms with Gasteiger partial charge in [-0.05, 0) is 54.7 Å². The van der Waals surface area contributed by atoms with E-state index in [4.69, 9.17) is 14.2 Å². The van der Waals surface area contributed by atoms with Gasteiger partial charge in [0.1, 0.15) is 0 Å². The lowest BCUT2D eigenvalue weighted by Crippen LogP contribution is -2.39. The van der Waals surface area contributed by atoms with Gasteiger partial charge < -0.3 is 14.2 Å². The number of hydrogen-bond donors (Lipinski definition) is 0. The van der Waals surface area contributed by atoms with Crippen LogP contribution in [-0.2, 0) is 9.53 Å². The number of rotatable bonds is 7. The molecule has 0 N–H and O–H groups in total. The summed E-state index contributed by atoms with van der Waals surface area (Å²) < 4.78 is 18.2. The highest BCUT2D eigenvalue weighted by molar-refractivity contribution is 7.07. The average molecular weight is 507 g/mol. The first-order valence-corrected chi connectivity index (χ1v) is 12.6. The minimum absolute atomic E-state index is 0.224. The monoisotopic (exact) mass is 506 g/mol. The number of nitrogens with zero attached hydrogens (tertiary/aromatic N) is 2. The Hall–Kier alpha value is -3.65. The molecule has 2 heterocycles. The zero-order chi connectivity index (χ0) is 26.0. The first-order chi connectivity index (χ1) is 17.3. The fourth-order valence-electron chi connectivity index (χ4n) is 4.27. The number of allylic oxidation sites excluding steroid dienone is 1. The van der Waals surface area contributed by atoms with Crippen molar-refractivity contribution < 1.29 is 19.0 Å². The predicted octanol–water partition coefficient (Wildman–Crippen LogP) is 3.94. The molecule has 1 atom stereocenters. The molecule has 8 heteroatoms. The van der Waals surface area contributed by atoms with Crippen LogP contribution in [0.15, 0.2) is 63.5 Å². The Morgan fingerprint density at radius 3 is 2.47 bits per heavy atom. The molecule has 0 radical (unpaired) electrons. The van der Waals surface area contributed by atoms with Crippen molar-refractivity contribution in [3.63, 3.8) is 0 Å². The van der Waals surface area contributed by atoms with Gasteiger partial charge in [-0.3, -0.25) is 9.36 Å². The maximum Gasteiger partial charge on any atom is 0.338 e. The normalized spacial score (nSPS) is 15.5. The third kappa shape index (κ3) is 4.73. The van der Waals surface area contributed by atoms with Crippen LogP contribution in [0.4, 0.5) is 0 Å². The van der Waals surface area contributed by atoms with E-state index in [1.165, 1.54) is 24.0 Å². The number of thiazole rings is 1. The number of carbonyl (C=O) groups is 1. The molecule has 0 aliphatic carbocycles. The van der Waals surface area contributed by atoms with Crippen molar-refractivity contribution in [3.05, 3.63) is 90.1 Å². The van der Waals surface area contributed by atoms with Gasteiger partial charge in [-0.15, -0.1) is 0 Å². The Morgan fingerprint density at radius 1 is 1.14 bits per heavy atom. The van der Waals surface area contributed by atoms with Crippen molar-refractivity contribution >= 4 is 23.4 Å². The summed E-state index contributed by atoms with van der Waals surface area (Å²) in [7, 11) is 2.92. The Morgan fingerprint density at radius 2 is 1.86 bits per heavy atom. The van der Waals surface area contributed by atoms with Crippen LogP contribution < -0.4 is 24.4 Å². The van der Waals surface area contributed by atoms with Gasteiger partial charge in [0.05, 0.1) is 42.7 Å². The molecule has 3 aromatic rings. The van der Waals surface area contributed by atoms with Crippen molar-refractivity contribution in [2.45, 2.75) is 39.7 Å². The Bertz CT molecular complexity index is 1500. The minimum Gasteiger partial charge on any atom is -0.493 e. The van der Waals surface area contributed by atoms with E-state index in [1.54, 1.807) is 24.7 Å². The molecule has 0 saturated carbocycles. The highest BCUT2D eigenvalue weighted by atomic mass is 32.1. The van der Waals surface area contributed by atoms with E-state index in [2.05, 4.69) is 18.8 Å². The standard InChI is InChI=1S/C28H30N2O5S/c1-7-35-21-13-8-18(14-22(21)33-5)15-23-26(31)30-25(20-11-9-19(10-12-20)16(2)3)24(27(32)34-6)17(4)29-28(30)36-23/h8-16,25H,7H2,1-6H3/b23-15-/t25-/m0/s1. The molecule has 188 valence electrons. The highest BCUT2D eigenvalue weighted by Gasteiger charge is 2.33. The van der Waals surface area contributed by atoms with Gasteiger partial charge in [0.15, 0.2) is 16.3 Å². The second kappa shape index (κ2) is 10.5. The summed E-state index contributed by atoms with van der Waals surface area (Å²) in [6.45, 7) is 8.45. The Balaban J connectivity index is 1.89. The molecule has 36 heavy (non-hydrogen) atoms. The van der Waals surface area contributed by atoms with Crippen LogP contribution in [0.3, 0.4) is 0 Å². The zero-order valence-corrected chi connectivity index (χ0v) is 22.1. The molecule has 0 unspecified atom stereocenters. The van der Waals surface area contributed by atoms with Crippen molar-refractivity contribution in [2.24, 2.45) is 4.99 Å². The number of ether oxygens (including phenoxy) is 3. The van der Waals surface area contributed by atoms with Gasteiger partial charge in [-0.25, -0.2) is 9.79 Å². The summed E-state index contributed by atoms with van der Waals surface area (Å²) in [5.74, 6) is 1.09. The maximum atomic E-state index is 13.7. The molecule has 1 aliphatic heterocycles. The molecule has 1 aliphatic rings. The third-order valence-electron chi connectivity index (χ3n) is 6.13. The van der Waals surface area contributed by atoms with E-state index in [9.17, 15) is 9.59 Å². The average Bonchev–Trinajstić information content (AvgIpc) is 3.17. The van der Waals surface area contributed by atoms with Gasteiger partial charge in [0.25, 0.3) is 5.56 Å². The summed E-state index contributed by atoms with van der Waals surface area (Å²) in [5, 5.41) is 0. The zero-order valence-electron chi connectivity index (χ0n) is 21.3. The van der Waals surface area contributed by atoms with Crippen molar-refractivity contribution in [1.82, 2.24) is 4.57 Å². The van der Waals surface area contributed by atoms with Gasteiger partial charge in [0.2, 0.25) is 0 Å². The fraction of sp³-hybridized carbons (Fsp3) is 0.321. The number of hydrogen-bond acceptors (Lipinski definition) is 7. The number of benzene rings is 2. The number of fused-ring (bicyclic) bond motifs is 1. The lowest BCUT2D eigenvalue weighted by atomic mass is 9.93. The largest absolute Gasteiger partial charge is 0.493 e. The molecular weight excluding hydrogens is 476 g/mol. The molecule has 0 bridgehead atoms. The second-order valence-corrected chi connectivity index (χ2v) is 9.75. The first-order valence-electron chi connectivity index (χ1n) is 11.8. The van der Waals surface area contributed by atoms with Crippen molar-refractivity contribution in [2.75, 3.05) is 20.8 Å². The van der Waals surface area contributed by atoms with Crippen LogP contribution in [0, 0.1) is 0 Å². The van der Waals surface area contributed by atoms with E-state index >= 15 is 0 Å². The smallest absolute Gasteiger partial charge is 0.338 e. The summed E-state index contributed by atoms with van der Waals surface area (Å²) in [4.78, 5) is 31.7. The van der Waals surface area contributed by atoms with E-state index in [0.29, 0.717) is 44.6 Å². The predicted molar refractivity (Wildman–Crippen MR) is 140 cm³/mol. The SMILES string of the molecule is CCOc1ccc(/C=c2\sc3n(c2=O)[C@@H](c2ccc(C(C)C)cc2)C(C(=O)OC)=C(C)N=3)cc1OC. The molecule has 0 fully saturated rings. The van der Waals surface area contributed by atoms with Crippen molar-refractivity contribution in [1.29, 1.82) is 0 Å². The summed E-state index contributed by atoms with van der Waals surface area (Å²) in [6, 6.07) is 12.9. The number of methoxy groups -OCH3 is 2. The summed E-state index contributed by atoms with van der Waals surface area (Å²) in [6.07, 6.45) is 1.80. The van der Waals surface area contributed by atoms with Crippen LogP contribution in [0.5, 0.6) is 11.5 Å². The molecule has 0 saturated heterocycles. The van der Waals surface area contributed by atoms with Crippen LogP contribution >= 0.6 is 11.3 Å². The molecule has 2 aromatic carbocycles. The maximum absolute atomic E-state index is 13.7. The fourth-order valence-corrected chi connectivity index (χ4v) is 5.32. The second-order valence-electron chi connectivity index (χ2n) is 8.74. The molecule has 0 amide bonds. The Kier molecular flexibility index (Phi) is 7.45. The molecule has 4 rings (SSSR count). The first kappa shape index (κ1) is 25.4. The van der Waals surface area contributed by atoms with E-state index in [0.717, 1.165) is 11.1 Å². The van der Waals surface area contributed by atoms with Crippen molar-refractivity contribution in [3.8, 4) is 11.5 Å². The van der Waals surface area contributed by atoms with Gasteiger partial charge in [-0.2, -0.15) is 0 Å². The molecule has 0 spiro atoms. The quantitative estimate of drug-likeness (QED) is 0.454. The molecular formula is C28H30N2O5S. The minimum atomic E-state index is -0.632. The lowest BCUT2D eigenvalue weighted by Gasteiger charge is -2.24. The van der Waals surface area contributed by atoms with Crippen LogP contribution in [-0.4, -0.2) is 31.4 Å². The molecule has 1 aromatic heterocycles. The summed E-state index contributed by atoms with van der Waals surface area (Å²) in [5.41, 5.74) is 3.47. The van der Waals surface area contributed by atoms with E-state index < -0.39 is 12.0 Å². The number of aromatic nitrogens is 1. The van der Waals surface area contributed by atoms with E-state index in [1.807, 2.05) is 49.4 Å². The topological polar surface area (TPSA) is 79.1 Å².